The molecule has 10 heteroatoms. The van der Waals surface area contributed by atoms with Crippen molar-refractivity contribution >= 4 is 35.8 Å². The Kier molecular flexibility index (Phi) is 7.51. The van der Waals surface area contributed by atoms with Crippen LogP contribution in [-0.4, -0.2) is 69.7 Å². The van der Waals surface area contributed by atoms with Gasteiger partial charge in [0, 0.05) is 46.2 Å². The smallest absolute Gasteiger partial charge is 0.289 e. The molecule has 1 fully saturated rings. The summed E-state index contributed by atoms with van der Waals surface area (Å²) in [6.07, 6.45) is 6.15. The lowest BCUT2D eigenvalue weighted by Crippen LogP contribution is -2.53. The summed E-state index contributed by atoms with van der Waals surface area (Å²) in [7, 11) is 1.78. The Morgan fingerprint density at radius 1 is 1.14 bits per heavy atom. The van der Waals surface area contributed by atoms with Crippen molar-refractivity contribution in [3.05, 3.63) is 35.8 Å². The fourth-order valence-corrected chi connectivity index (χ4v) is 3.84. The van der Waals surface area contributed by atoms with E-state index in [0.717, 1.165) is 43.7 Å². The van der Waals surface area contributed by atoms with Gasteiger partial charge < -0.3 is 24.1 Å². The number of fused-ring (bicyclic) bond motifs is 1. The summed E-state index contributed by atoms with van der Waals surface area (Å²) < 4.78 is 7.47. The highest BCUT2D eigenvalue weighted by Crippen LogP contribution is 2.14. The van der Waals surface area contributed by atoms with Crippen molar-refractivity contribution in [1.82, 2.24) is 29.9 Å². The van der Waals surface area contributed by atoms with Gasteiger partial charge in [0.2, 0.25) is 0 Å². The first-order valence-electron chi connectivity index (χ1n) is 9.95. The first-order valence-corrected chi connectivity index (χ1v) is 9.95. The maximum absolute atomic E-state index is 12.4. The monoisotopic (exact) mass is 513 g/mol. The van der Waals surface area contributed by atoms with Crippen molar-refractivity contribution in [3.63, 3.8) is 0 Å². The van der Waals surface area contributed by atoms with Crippen LogP contribution in [0.1, 0.15) is 41.5 Å². The van der Waals surface area contributed by atoms with E-state index in [-0.39, 0.29) is 29.9 Å². The van der Waals surface area contributed by atoms with E-state index in [1.54, 1.807) is 19.2 Å². The Bertz CT molecular complexity index is 826. The second kappa shape index (κ2) is 10.1. The molecule has 0 spiro atoms. The fourth-order valence-electron chi connectivity index (χ4n) is 3.84. The molecule has 9 nitrogen and oxygen atoms in total. The van der Waals surface area contributed by atoms with Crippen LogP contribution in [0.4, 0.5) is 0 Å². The predicted octanol–water partition coefficient (Wildman–Crippen LogP) is 1.75. The molecule has 2 aromatic heterocycles. The second-order valence-electron chi connectivity index (χ2n) is 7.15. The highest BCUT2D eigenvalue weighted by Gasteiger charge is 2.25. The molecule has 0 radical (unpaired) electrons. The number of guanidine groups is 1. The van der Waals surface area contributed by atoms with Gasteiger partial charge in [-0.25, -0.2) is 0 Å². The van der Waals surface area contributed by atoms with E-state index in [4.69, 9.17) is 4.42 Å². The molecule has 1 amide bonds. The van der Waals surface area contributed by atoms with Crippen molar-refractivity contribution < 1.29 is 9.21 Å². The minimum Gasteiger partial charge on any atom is -0.459 e. The van der Waals surface area contributed by atoms with Crippen LogP contribution < -0.4 is 5.32 Å². The number of furan rings is 1. The molecule has 29 heavy (non-hydrogen) atoms. The predicted molar refractivity (Wildman–Crippen MR) is 119 cm³/mol. The standard InChI is InChI=1S/C19H27N7O2.HI/c1-20-19(21-14-17-23-22-16-7-3-2-4-8-26(16)17)25-11-9-24(10-12-25)18(27)15-6-5-13-28-15;/h5-6,13H,2-4,7-12,14H2,1H3,(H,20,21);1H. The topological polar surface area (TPSA) is 91.8 Å². The molecule has 2 aliphatic heterocycles. The summed E-state index contributed by atoms with van der Waals surface area (Å²) in [5, 5.41) is 12.1. The molecule has 0 saturated carbocycles. The van der Waals surface area contributed by atoms with Crippen LogP contribution in [0.25, 0.3) is 0 Å². The Hall–Kier alpha value is -2.11. The van der Waals surface area contributed by atoms with E-state index in [0.29, 0.717) is 25.4 Å². The lowest BCUT2D eigenvalue weighted by Gasteiger charge is -2.36. The summed E-state index contributed by atoms with van der Waals surface area (Å²) >= 11 is 0. The van der Waals surface area contributed by atoms with Crippen LogP contribution in [0, 0.1) is 0 Å². The van der Waals surface area contributed by atoms with Crippen molar-refractivity contribution in [1.29, 1.82) is 0 Å². The summed E-state index contributed by atoms with van der Waals surface area (Å²) in [6.45, 7) is 4.33. The number of rotatable bonds is 3. The van der Waals surface area contributed by atoms with Gasteiger partial charge in [-0.1, -0.05) is 6.42 Å². The van der Waals surface area contributed by atoms with Crippen LogP contribution >= 0.6 is 24.0 Å². The Labute approximate surface area is 187 Å². The second-order valence-corrected chi connectivity index (χ2v) is 7.15. The molecule has 158 valence electrons. The highest BCUT2D eigenvalue weighted by molar-refractivity contribution is 14.0. The van der Waals surface area contributed by atoms with Crippen LogP contribution in [-0.2, 0) is 19.5 Å². The van der Waals surface area contributed by atoms with Gasteiger partial charge in [0.25, 0.3) is 5.91 Å². The average molecular weight is 513 g/mol. The maximum atomic E-state index is 12.4. The molecule has 4 heterocycles. The number of halogens is 1. The van der Waals surface area contributed by atoms with Gasteiger partial charge >= 0.3 is 0 Å². The Balaban J connectivity index is 0.00000240. The van der Waals surface area contributed by atoms with E-state index in [1.165, 1.54) is 25.5 Å². The van der Waals surface area contributed by atoms with Crippen LogP contribution in [0.3, 0.4) is 0 Å². The van der Waals surface area contributed by atoms with Gasteiger partial charge in [-0.15, -0.1) is 34.2 Å². The van der Waals surface area contributed by atoms with Gasteiger partial charge in [0.05, 0.1) is 12.8 Å². The zero-order valence-electron chi connectivity index (χ0n) is 16.7. The minimum absolute atomic E-state index is 0. The third-order valence-corrected chi connectivity index (χ3v) is 5.40. The highest BCUT2D eigenvalue weighted by atomic mass is 127. The largest absolute Gasteiger partial charge is 0.459 e. The van der Waals surface area contributed by atoms with Crippen molar-refractivity contribution in [3.8, 4) is 0 Å². The third kappa shape index (κ3) is 4.90. The van der Waals surface area contributed by atoms with Gasteiger partial charge in [0.15, 0.2) is 17.5 Å². The van der Waals surface area contributed by atoms with Crippen LogP contribution in [0.15, 0.2) is 27.8 Å². The molecule has 0 unspecified atom stereocenters. The number of nitrogens with zero attached hydrogens (tertiary/aromatic N) is 6. The molecule has 1 saturated heterocycles. The van der Waals surface area contributed by atoms with Crippen molar-refractivity contribution in [2.24, 2.45) is 4.99 Å². The van der Waals surface area contributed by atoms with E-state index >= 15 is 0 Å². The molecule has 0 aromatic carbocycles. The van der Waals surface area contributed by atoms with Crippen LogP contribution in [0.5, 0.6) is 0 Å². The molecule has 2 aliphatic rings. The lowest BCUT2D eigenvalue weighted by molar-refractivity contribution is 0.0657. The summed E-state index contributed by atoms with van der Waals surface area (Å²) in [4.78, 5) is 20.8. The van der Waals surface area contributed by atoms with E-state index in [2.05, 4.69) is 30.0 Å². The van der Waals surface area contributed by atoms with Gasteiger partial charge in [-0.2, -0.15) is 0 Å². The quantitative estimate of drug-likeness (QED) is 0.382. The number of aromatic nitrogens is 3. The third-order valence-electron chi connectivity index (χ3n) is 5.40. The molecule has 0 bridgehead atoms. The maximum Gasteiger partial charge on any atom is 0.289 e. The van der Waals surface area contributed by atoms with E-state index in [9.17, 15) is 4.79 Å². The number of carbonyl (C=O) groups is 1. The van der Waals surface area contributed by atoms with Crippen molar-refractivity contribution in [2.75, 3.05) is 33.2 Å². The molecular weight excluding hydrogens is 485 g/mol. The summed E-state index contributed by atoms with van der Waals surface area (Å²) in [6, 6.07) is 3.44. The normalized spacial score (nSPS) is 17.3. The lowest BCUT2D eigenvalue weighted by atomic mass is 10.2. The number of aryl methyl sites for hydroxylation is 1. The minimum atomic E-state index is -0.0567. The fraction of sp³-hybridized carbons (Fsp3) is 0.579. The number of amides is 1. The Morgan fingerprint density at radius 2 is 1.93 bits per heavy atom. The Morgan fingerprint density at radius 3 is 2.66 bits per heavy atom. The summed E-state index contributed by atoms with van der Waals surface area (Å²) in [5.41, 5.74) is 0. The van der Waals surface area contributed by atoms with E-state index < -0.39 is 0 Å². The summed E-state index contributed by atoms with van der Waals surface area (Å²) in [5.74, 6) is 3.22. The number of hydrogen-bond acceptors (Lipinski definition) is 5. The SMILES string of the molecule is CN=C(NCc1nnc2n1CCCCC2)N1CCN(C(=O)c2ccco2)CC1.I. The number of aliphatic imine (C=N–C) groups is 1. The van der Waals surface area contributed by atoms with Gasteiger partial charge in [-0.05, 0) is 25.0 Å². The average Bonchev–Trinajstić information content (AvgIpc) is 3.34. The molecule has 4 rings (SSSR count). The number of carbonyl (C=O) groups excluding carboxylic acids is 1. The van der Waals surface area contributed by atoms with Gasteiger partial charge in [0.1, 0.15) is 5.82 Å². The number of hydrogen-bond donors (Lipinski definition) is 1. The first kappa shape index (κ1) is 21.6. The molecular formula is C19H28IN7O2. The zero-order chi connectivity index (χ0) is 19.3. The molecule has 0 aliphatic carbocycles. The van der Waals surface area contributed by atoms with Gasteiger partial charge in [-0.3, -0.25) is 9.79 Å². The number of nitrogens with one attached hydrogen (secondary N) is 1. The van der Waals surface area contributed by atoms with E-state index in [1.807, 2.05) is 4.90 Å². The van der Waals surface area contributed by atoms with Crippen molar-refractivity contribution in [2.45, 2.75) is 38.8 Å². The molecule has 0 atom stereocenters. The molecule has 1 N–H and O–H groups in total. The molecule has 2 aromatic rings. The zero-order valence-corrected chi connectivity index (χ0v) is 19.0. The number of piperazine rings is 1. The van der Waals surface area contributed by atoms with Crippen LogP contribution in [0.2, 0.25) is 0 Å². The first-order chi connectivity index (χ1) is 13.8.